The number of hydrogen-bond acceptors (Lipinski definition) is 6. The van der Waals surface area contributed by atoms with Crippen molar-refractivity contribution in [1.82, 2.24) is 0 Å². The van der Waals surface area contributed by atoms with E-state index in [0.29, 0.717) is 4.82 Å². The minimum atomic E-state index is -3.43. The Labute approximate surface area is 175 Å². The summed E-state index contributed by atoms with van der Waals surface area (Å²) < 4.78 is 38.2. The molecule has 0 aliphatic carbocycles. The molecule has 0 aromatic carbocycles. The maximum atomic E-state index is 6.36. The Bertz CT molecular complexity index is 371. The lowest BCUT2D eigenvalue weighted by atomic mass is 10.5. The second-order valence-corrected chi connectivity index (χ2v) is 13.9. The SMILES string of the molecule is C=C([Si](OC(C)C)(OC(C)C)OC(C)C)[Si](OC(C)C)(OC(C)C)OC(C)C. The Morgan fingerprint density at radius 1 is 0.429 bits per heavy atom. The van der Waals surface area contributed by atoms with Gasteiger partial charge in [0.2, 0.25) is 0 Å². The molecule has 6 nitrogen and oxygen atoms in total. The van der Waals surface area contributed by atoms with E-state index in [0.717, 1.165) is 0 Å². The van der Waals surface area contributed by atoms with E-state index in [1.807, 2.05) is 83.1 Å². The van der Waals surface area contributed by atoms with Crippen LogP contribution in [0.5, 0.6) is 0 Å². The zero-order valence-corrected chi connectivity index (χ0v) is 22.1. The molecular formula is C20H44O6Si2. The molecule has 0 heterocycles. The van der Waals surface area contributed by atoms with Gasteiger partial charge in [-0.1, -0.05) is 6.58 Å². The first-order chi connectivity index (χ1) is 12.7. The summed E-state index contributed by atoms with van der Waals surface area (Å²) in [6.07, 6.45) is -0.724. The van der Waals surface area contributed by atoms with E-state index in [-0.39, 0.29) is 36.6 Å². The van der Waals surface area contributed by atoms with E-state index in [9.17, 15) is 0 Å². The van der Waals surface area contributed by atoms with Gasteiger partial charge in [0, 0.05) is 36.6 Å². The van der Waals surface area contributed by atoms with Crippen molar-refractivity contribution in [2.75, 3.05) is 0 Å². The van der Waals surface area contributed by atoms with Crippen LogP contribution in [-0.2, 0) is 26.6 Å². The van der Waals surface area contributed by atoms with Gasteiger partial charge < -0.3 is 26.6 Å². The Morgan fingerprint density at radius 3 is 0.679 bits per heavy atom. The van der Waals surface area contributed by atoms with Gasteiger partial charge in [-0.05, 0) is 83.1 Å². The summed E-state index contributed by atoms with van der Waals surface area (Å²) in [7, 11) is -6.86. The first-order valence-corrected chi connectivity index (χ1v) is 13.9. The second-order valence-electron chi connectivity index (χ2n) is 8.59. The van der Waals surface area contributed by atoms with Crippen LogP contribution < -0.4 is 0 Å². The zero-order valence-electron chi connectivity index (χ0n) is 20.1. The molecule has 0 unspecified atom stereocenters. The summed E-state index contributed by atoms with van der Waals surface area (Å²) >= 11 is 0. The van der Waals surface area contributed by atoms with E-state index >= 15 is 0 Å². The van der Waals surface area contributed by atoms with Crippen LogP contribution in [0.3, 0.4) is 0 Å². The third kappa shape index (κ3) is 9.17. The van der Waals surface area contributed by atoms with Crippen molar-refractivity contribution in [3.8, 4) is 0 Å². The highest BCUT2D eigenvalue weighted by Crippen LogP contribution is 2.35. The van der Waals surface area contributed by atoms with E-state index in [4.69, 9.17) is 26.6 Å². The molecule has 0 aliphatic rings. The summed E-state index contributed by atoms with van der Waals surface area (Å²) in [6, 6.07) is 0. The molecule has 0 spiro atoms. The lowest BCUT2D eigenvalue weighted by Crippen LogP contribution is -2.64. The van der Waals surface area contributed by atoms with Gasteiger partial charge in [-0.3, -0.25) is 0 Å². The summed E-state index contributed by atoms with van der Waals surface area (Å²) in [5, 5.41) is 0. The van der Waals surface area contributed by atoms with Crippen LogP contribution in [0.15, 0.2) is 11.4 Å². The molecule has 0 saturated carbocycles. The zero-order chi connectivity index (χ0) is 22.3. The molecular weight excluding hydrogens is 392 g/mol. The molecule has 0 fully saturated rings. The van der Waals surface area contributed by atoms with Crippen LogP contribution in [0.25, 0.3) is 0 Å². The third-order valence-electron chi connectivity index (χ3n) is 3.08. The average Bonchev–Trinajstić information content (AvgIpc) is 2.41. The highest BCUT2D eigenvalue weighted by atomic mass is 28.5. The van der Waals surface area contributed by atoms with Crippen LogP contribution in [0.4, 0.5) is 0 Å². The van der Waals surface area contributed by atoms with Gasteiger partial charge in [-0.15, -0.1) is 0 Å². The highest BCUT2D eigenvalue weighted by Gasteiger charge is 2.63. The number of rotatable bonds is 14. The minimum Gasteiger partial charge on any atom is -0.368 e. The molecule has 0 radical (unpaired) electrons. The topological polar surface area (TPSA) is 55.4 Å². The summed E-state index contributed by atoms with van der Waals surface area (Å²) in [5.74, 6) is 0. The van der Waals surface area contributed by atoms with Crippen molar-refractivity contribution in [3.05, 3.63) is 11.4 Å². The minimum absolute atomic E-state index is 0.121. The Morgan fingerprint density at radius 2 is 0.571 bits per heavy atom. The van der Waals surface area contributed by atoms with Crippen LogP contribution in [0, 0.1) is 0 Å². The third-order valence-corrected chi connectivity index (χ3v) is 11.1. The molecule has 0 aliphatic heterocycles. The fourth-order valence-electron chi connectivity index (χ4n) is 2.64. The largest absolute Gasteiger partial charge is 0.536 e. The van der Waals surface area contributed by atoms with Gasteiger partial charge >= 0.3 is 17.6 Å². The Hall–Kier alpha value is -0.0662. The van der Waals surface area contributed by atoms with Crippen molar-refractivity contribution in [3.63, 3.8) is 0 Å². The van der Waals surface area contributed by atoms with Crippen LogP contribution in [-0.4, -0.2) is 54.2 Å². The van der Waals surface area contributed by atoms with Crippen molar-refractivity contribution >= 4 is 17.6 Å². The molecule has 8 heteroatoms. The molecule has 0 aromatic heterocycles. The first kappa shape index (κ1) is 27.9. The second kappa shape index (κ2) is 12.0. The van der Waals surface area contributed by atoms with Crippen LogP contribution in [0.1, 0.15) is 83.1 Å². The van der Waals surface area contributed by atoms with Gasteiger partial charge in [0.15, 0.2) is 0 Å². The van der Waals surface area contributed by atoms with E-state index in [1.54, 1.807) is 0 Å². The van der Waals surface area contributed by atoms with Crippen LogP contribution >= 0.6 is 0 Å². The smallest absolute Gasteiger partial charge is 0.368 e. The number of hydrogen-bond donors (Lipinski definition) is 0. The van der Waals surface area contributed by atoms with Gasteiger partial charge in [-0.25, -0.2) is 0 Å². The molecule has 0 aromatic rings. The predicted molar refractivity (Wildman–Crippen MR) is 118 cm³/mol. The lowest BCUT2D eigenvalue weighted by molar-refractivity contribution is -0.00628. The Kier molecular flexibility index (Phi) is 11.9. The monoisotopic (exact) mass is 436 g/mol. The van der Waals surface area contributed by atoms with Crippen molar-refractivity contribution in [1.29, 1.82) is 0 Å². The summed E-state index contributed by atoms with van der Waals surface area (Å²) in [4.78, 5) is 0.562. The fourth-order valence-corrected chi connectivity index (χ4v) is 10.1. The van der Waals surface area contributed by atoms with E-state index in [1.165, 1.54) is 0 Å². The maximum Gasteiger partial charge on any atom is 0.536 e. The summed E-state index contributed by atoms with van der Waals surface area (Å²) in [6.45, 7) is 27.9. The normalized spacial score (nSPS) is 13.8. The maximum absolute atomic E-state index is 6.36. The molecule has 0 amide bonds. The molecule has 0 rings (SSSR count). The Balaban J connectivity index is 6.54. The molecule has 168 valence electrons. The van der Waals surface area contributed by atoms with Gasteiger partial charge in [-0.2, -0.15) is 0 Å². The lowest BCUT2D eigenvalue weighted by Gasteiger charge is -2.42. The van der Waals surface area contributed by atoms with Crippen molar-refractivity contribution in [2.24, 2.45) is 0 Å². The van der Waals surface area contributed by atoms with Crippen molar-refractivity contribution < 1.29 is 26.6 Å². The van der Waals surface area contributed by atoms with Crippen LogP contribution in [0.2, 0.25) is 0 Å². The summed E-state index contributed by atoms with van der Waals surface area (Å²) in [5.41, 5.74) is 0. The van der Waals surface area contributed by atoms with Gasteiger partial charge in [0.05, 0.1) is 4.82 Å². The van der Waals surface area contributed by atoms with E-state index in [2.05, 4.69) is 6.58 Å². The first-order valence-electron chi connectivity index (χ1n) is 10.4. The van der Waals surface area contributed by atoms with E-state index < -0.39 is 17.6 Å². The quantitative estimate of drug-likeness (QED) is 0.355. The van der Waals surface area contributed by atoms with Crippen molar-refractivity contribution in [2.45, 2.75) is 120 Å². The highest BCUT2D eigenvalue weighted by molar-refractivity contribution is 6.91. The molecule has 0 bridgehead atoms. The molecule has 28 heavy (non-hydrogen) atoms. The fraction of sp³-hybridized carbons (Fsp3) is 0.900. The van der Waals surface area contributed by atoms with Gasteiger partial charge in [0.25, 0.3) is 0 Å². The molecule has 0 saturated heterocycles. The average molecular weight is 437 g/mol. The predicted octanol–water partition coefficient (Wildman–Crippen LogP) is 5.05. The molecule has 0 atom stereocenters. The standard InChI is InChI=1S/C20H44O6Si2/c1-14(2)21-27(22-15(3)4,23-16(5)6)20(13)28(24-17(7)8,25-18(9)10)26-19(11)12/h14-19H,13H2,1-12H3. The van der Waals surface area contributed by atoms with Gasteiger partial charge in [0.1, 0.15) is 0 Å². The molecule has 0 N–H and O–H groups in total.